The smallest absolute Gasteiger partial charge is 0.161 e. The molecule has 0 aliphatic heterocycles. The highest BCUT2D eigenvalue weighted by Gasteiger charge is 2.15. The fourth-order valence-corrected chi connectivity index (χ4v) is 2.36. The lowest BCUT2D eigenvalue weighted by atomic mass is 10.0. The van der Waals surface area contributed by atoms with Crippen LogP contribution in [0.15, 0.2) is 18.2 Å². The van der Waals surface area contributed by atoms with Gasteiger partial charge in [-0.05, 0) is 49.8 Å². The van der Waals surface area contributed by atoms with Crippen molar-refractivity contribution in [1.82, 2.24) is 0 Å². The van der Waals surface area contributed by atoms with Crippen molar-refractivity contribution < 1.29 is 19.7 Å². The van der Waals surface area contributed by atoms with Gasteiger partial charge in [0.2, 0.25) is 0 Å². The predicted octanol–water partition coefficient (Wildman–Crippen LogP) is 3.72. The van der Waals surface area contributed by atoms with Crippen molar-refractivity contribution in [2.45, 2.75) is 71.5 Å². The van der Waals surface area contributed by atoms with Gasteiger partial charge in [0.05, 0.1) is 25.4 Å². The molecule has 23 heavy (non-hydrogen) atoms. The van der Waals surface area contributed by atoms with Crippen molar-refractivity contribution in [2.24, 2.45) is 0 Å². The summed E-state index contributed by atoms with van der Waals surface area (Å²) in [6.45, 7) is 7.47. The fraction of sp³-hybridized carbons (Fsp3) is 0.684. The van der Waals surface area contributed by atoms with Gasteiger partial charge < -0.3 is 19.7 Å². The maximum absolute atomic E-state index is 9.99. The standard InChI is InChI=1S/C19H32O4/c1-4-7-16(20)17(21)10-8-15-9-11-18(22-12-5-2)19(14-15)23-13-6-3/h9,11,14,16-17,20-21H,4-8,10,12-13H2,1-3H3. The Morgan fingerprint density at radius 3 is 2.04 bits per heavy atom. The van der Waals surface area contributed by atoms with Gasteiger partial charge in [0.25, 0.3) is 0 Å². The van der Waals surface area contributed by atoms with Crippen molar-refractivity contribution in [2.75, 3.05) is 13.2 Å². The van der Waals surface area contributed by atoms with Gasteiger partial charge in [0.15, 0.2) is 11.5 Å². The van der Waals surface area contributed by atoms with Crippen LogP contribution in [0.4, 0.5) is 0 Å². The molecular weight excluding hydrogens is 292 g/mol. The van der Waals surface area contributed by atoms with Gasteiger partial charge in [0.1, 0.15) is 0 Å². The zero-order chi connectivity index (χ0) is 17.1. The Hall–Kier alpha value is -1.26. The van der Waals surface area contributed by atoms with Crippen LogP contribution in [0.25, 0.3) is 0 Å². The Kier molecular flexibility index (Phi) is 9.72. The van der Waals surface area contributed by atoms with Crippen LogP contribution in [0.1, 0.15) is 58.4 Å². The molecule has 0 aliphatic carbocycles. The monoisotopic (exact) mass is 324 g/mol. The van der Waals surface area contributed by atoms with Crippen LogP contribution in [0.5, 0.6) is 11.5 Å². The second kappa shape index (κ2) is 11.3. The van der Waals surface area contributed by atoms with Gasteiger partial charge in [-0.3, -0.25) is 0 Å². The van der Waals surface area contributed by atoms with E-state index in [4.69, 9.17) is 9.47 Å². The maximum atomic E-state index is 9.99. The summed E-state index contributed by atoms with van der Waals surface area (Å²) in [6.07, 6.45) is 3.35. The third kappa shape index (κ3) is 7.23. The summed E-state index contributed by atoms with van der Waals surface area (Å²) in [5.41, 5.74) is 1.09. The minimum Gasteiger partial charge on any atom is -0.490 e. The van der Waals surface area contributed by atoms with Crippen LogP contribution in [0, 0.1) is 0 Å². The van der Waals surface area contributed by atoms with Crippen molar-refractivity contribution in [3.63, 3.8) is 0 Å². The molecule has 0 radical (unpaired) electrons. The number of aliphatic hydroxyl groups excluding tert-OH is 2. The highest BCUT2D eigenvalue weighted by Crippen LogP contribution is 2.29. The number of aliphatic hydroxyl groups is 2. The lowest BCUT2D eigenvalue weighted by Gasteiger charge is -2.18. The number of hydrogen-bond donors (Lipinski definition) is 2. The quantitative estimate of drug-likeness (QED) is 0.615. The molecule has 0 amide bonds. The van der Waals surface area contributed by atoms with Gasteiger partial charge in [-0.1, -0.05) is 33.3 Å². The summed E-state index contributed by atoms with van der Waals surface area (Å²) in [7, 11) is 0. The molecule has 4 nitrogen and oxygen atoms in total. The Balaban J connectivity index is 2.67. The van der Waals surface area contributed by atoms with Crippen LogP contribution in [0.3, 0.4) is 0 Å². The van der Waals surface area contributed by atoms with Crippen LogP contribution < -0.4 is 9.47 Å². The lowest BCUT2D eigenvalue weighted by molar-refractivity contribution is 0.00980. The molecule has 1 aromatic rings. The molecule has 2 unspecified atom stereocenters. The van der Waals surface area contributed by atoms with Crippen molar-refractivity contribution in [1.29, 1.82) is 0 Å². The molecular formula is C19H32O4. The van der Waals surface area contributed by atoms with E-state index in [1.807, 2.05) is 25.1 Å². The molecule has 0 heterocycles. The first-order valence-electron chi connectivity index (χ1n) is 8.86. The second-order valence-electron chi connectivity index (χ2n) is 5.94. The van der Waals surface area contributed by atoms with Crippen LogP contribution >= 0.6 is 0 Å². The van der Waals surface area contributed by atoms with Crippen molar-refractivity contribution >= 4 is 0 Å². The van der Waals surface area contributed by atoms with E-state index in [1.54, 1.807) is 0 Å². The molecule has 0 aromatic heterocycles. The molecule has 2 N–H and O–H groups in total. The van der Waals surface area contributed by atoms with Crippen LogP contribution in [-0.4, -0.2) is 35.6 Å². The molecule has 0 aliphatic rings. The van der Waals surface area contributed by atoms with Gasteiger partial charge in [0, 0.05) is 0 Å². The van der Waals surface area contributed by atoms with Crippen LogP contribution in [-0.2, 0) is 6.42 Å². The molecule has 1 rings (SSSR count). The summed E-state index contributed by atoms with van der Waals surface area (Å²) < 4.78 is 11.5. The summed E-state index contributed by atoms with van der Waals surface area (Å²) in [6, 6.07) is 5.92. The van der Waals surface area contributed by atoms with Gasteiger partial charge >= 0.3 is 0 Å². The molecule has 2 atom stereocenters. The van der Waals surface area contributed by atoms with E-state index in [-0.39, 0.29) is 0 Å². The summed E-state index contributed by atoms with van der Waals surface area (Å²) >= 11 is 0. The number of benzene rings is 1. The highest BCUT2D eigenvalue weighted by molar-refractivity contribution is 5.43. The normalized spacial score (nSPS) is 13.6. The maximum Gasteiger partial charge on any atom is 0.161 e. The number of rotatable bonds is 12. The average molecular weight is 324 g/mol. The van der Waals surface area contributed by atoms with E-state index in [0.29, 0.717) is 32.5 Å². The van der Waals surface area contributed by atoms with E-state index in [1.165, 1.54) is 0 Å². The molecule has 0 bridgehead atoms. The Morgan fingerprint density at radius 2 is 1.43 bits per heavy atom. The van der Waals surface area contributed by atoms with Crippen LogP contribution in [0.2, 0.25) is 0 Å². The molecule has 0 spiro atoms. The van der Waals surface area contributed by atoms with Gasteiger partial charge in [-0.15, -0.1) is 0 Å². The Labute approximate surface area is 140 Å². The zero-order valence-electron chi connectivity index (χ0n) is 14.8. The topological polar surface area (TPSA) is 58.9 Å². The van der Waals surface area contributed by atoms with E-state index in [9.17, 15) is 10.2 Å². The van der Waals surface area contributed by atoms with E-state index in [2.05, 4.69) is 13.8 Å². The molecule has 0 fully saturated rings. The van der Waals surface area contributed by atoms with Gasteiger partial charge in [-0.2, -0.15) is 0 Å². The zero-order valence-corrected chi connectivity index (χ0v) is 14.8. The predicted molar refractivity (Wildman–Crippen MR) is 93.3 cm³/mol. The molecule has 1 aromatic carbocycles. The molecule has 0 saturated carbocycles. The summed E-state index contributed by atoms with van der Waals surface area (Å²) in [5.74, 6) is 1.54. The summed E-state index contributed by atoms with van der Waals surface area (Å²) in [5, 5.41) is 19.8. The number of aryl methyl sites for hydroxylation is 1. The van der Waals surface area contributed by atoms with E-state index >= 15 is 0 Å². The van der Waals surface area contributed by atoms with Crippen molar-refractivity contribution in [3.8, 4) is 11.5 Å². The number of hydrogen-bond acceptors (Lipinski definition) is 4. The SMILES string of the molecule is CCCOc1ccc(CCC(O)C(O)CCC)cc1OCCC. The van der Waals surface area contributed by atoms with Gasteiger partial charge in [-0.25, -0.2) is 0 Å². The largest absolute Gasteiger partial charge is 0.490 e. The van der Waals surface area contributed by atoms with Crippen molar-refractivity contribution in [3.05, 3.63) is 23.8 Å². The third-order valence-electron chi connectivity index (χ3n) is 3.69. The second-order valence-corrected chi connectivity index (χ2v) is 5.94. The minimum atomic E-state index is -0.675. The Morgan fingerprint density at radius 1 is 0.826 bits per heavy atom. The molecule has 0 saturated heterocycles. The first-order chi connectivity index (χ1) is 11.1. The third-order valence-corrected chi connectivity index (χ3v) is 3.69. The average Bonchev–Trinajstić information content (AvgIpc) is 2.56. The Bertz CT molecular complexity index is 433. The lowest BCUT2D eigenvalue weighted by Crippen LogP contribution is -2.26. The molecule has 4 heteroatoms. The first-order valence-corrected chi connectivity index (χ1v) is 8.86. The fourth-order valence-electron chi connectivity index (χ4n) is 2.36. The highest BCUT2D eigenvalue weighted by atomic mass is 16.5. The van der Waals surface area contributed by atoms with E-state index in [0.717, 1.165) is 36.3 Å². The minimum absolute atomic E-state index is 0.545. The first kappa shape index (κ1) is 19.8. The van der Waals surface area contributed by atoms with E-state index < -0.39 is 12.2 Å². The summed E-state index contributed by atoms with van der Waals surface area (Å²) in [4.78, 5) is 0. The number of ether oxygens (including phenoxy) is 2. The molecule has 132 valence electrons.